The molecule has 1 aromatic heterocycles. The van der Waals surface area contributed by atoms with Crippen LogP contribution < -0.4 is 5.73 Å². The molecule has 84 valence electrons. The molecule has 2 rings (SSSR count). The third-order valence-electron chi connectivity index (χ3n) is 2.92. The molecule has 1 aliphatic carbocycles. The van der Waals surface area contributed by atoms with Crippen molar-refractivity contribution < 1.29 is 0 Å². The van der Waals surface area contributed by atoms with Crippen molar-refractivity contribution in [2.45, 2.75) is 43.6 Å². The number of nitrogens with two attached hydrogens (primary N) is 1. The maximum atomic E-state index is 5.61. The number of nitrogens with zero attached hydrogens (tertiary/aromatic N) is 1. The predicted molar refractivity (Wildman–Crippen MR) is 69.2 cm³/mol. The molecule has 0 bridgehead atoms. The summed E-state index contributed by atoms with van der Waals surface area (Å²) in [6.45, 7) is 2.37. The van der Waals surface area contributed by atoms with E-state index < -0.39 is 0 Å². The van der Waals surface area contributed by atoms with Gasteiger partial charge in [0.1, 0.15) is 0 Å². The standard InChI is InChI=1S/C11H18N2S2/c1-8-3-2-4-9(5-8)14-7-10-6-13-11(12)15-10/h6,8-9H,2-5,7H2,1H3,(H2,12,13). The van der Waals surface area contributed by atoms with Crippen molar-refractivity contribution in [1.82, 2.24) is 4.98 Å². The quantitative estimate of drug-likeness (QED) is 0.881. The van der Waals surface area contributed by atoms with Crippen LogP contribution in [0, 0.1) is 5.92 Å². The molecular weight excluding hydrogens is 224 g/mol. The van der Waals surface area contributed by atoms with Crippen LogP contribution in [-0.2, 0) is 5.75 Å². The van der Waals surface area contributed by atoms with Crippen molar-refractivity contribution in [3.63, 3.8) is 0 Å². The Labute approximate surface area is 99.7 Å². The number of thioether (sulfide) groups is 1. The van der Waals surface area contributed by atoms with Crippen LogP contribution in [0.3, 0.4) is 0 Å². The minimum atomic E-state index is 0.697. The Balaban J connectivity index is 1.77. The average molecular weight is 242 g/mol. The first-order chi connectivity index (χ1) is 7.24. The van der Waals surface area contributed by atoms with Crippen molar-refractivity contribution in [2.75, 3.05) is 5.73 Å². The van der Waals surface area contributed by atoms with E-state index in [1.54, 1.807) is 11.3 Å². The normalized spacial score (nSPS) is 26.7. The number of thiazole rings is 1. The first-order valence-electron chi connectivity index (χ1n) is 5.56. The smallest absolute Gasteiger partial charge is 0.180 e. The van der Waals surface area contributed by atoms with Crippen LogP contribution in [-0.4, -0.2) is 10.2 Å². The maximum Gasteiger partial charge on any atom is 0.180 e. The number of rotatable bonds is 3. The van der Waals surface area contributed by atoms with E-state index in [4.69, 9.17) is 5.73 Å². The molecule has 1 saturated carbocycles. The maximum absolute atomic E-state index is 5.61. The summed E-state index contributed by atoms with van der Waals surface area (Å²) in [5.74, 6) is 2.01. The highest BCUT2D eigenvalue weighted by Gasteiger charge is 2.19. The fourth-order valence-corrected chi connectivity index (χ4v) is 4.31. The molecule has 2 atom stereocenters. The van der Waals surface area contributed by atoms with Crippen molar-refractivity contribution in [3.05, 3.63) is 11.1 Å². The van der Waals surface area contributed by atoms with Crippen LogP contribution >= 0.6 is 23.1 Å². The molecule has 1 aromatic rings. The van der Waals surface area contributed by atoms with Gasteiger partial charge in [0.25, 0.3) is 0 Å². The lowest BCUT2D eigenvalue weighted by Crippen LogP contribution is -2.15. The lowest BCUT2D eigenvalue weighted by atomic mass is 9.91. The van der Waals surface area contributed by atoms with E-state index in [0.717, 1.165) is 16.9 Å². The Morgan fingerprint density at radius 1 is 1.60 bits per heavy atom. The summed E-state index contributed by atoms with van der Waals surface area (Å²) in [4.78, 5) is 5.39. The van der Waals surface area contributed by atoms with Crippen LogP contribution in [0.25, 0.3) is 0 Å². The number of aromatic nitrogens is 1. The fourth-order valence-electron chi connectivity index (χ4n) is 2.12. The molecule has 2 N–H and O–H groups in total. The third-order valence-corrected chi connectivity index (χ3v) is 5.31. The summed E-state index contributed by atoms with van der Waals surface area (Å²) in [5, 5.41) is 1.56. The molecule has 1 aliphatic rings. The molecule has 0 saturated heterocycles. The van der Waals surface area contributed by atoms with Gasteiger partial charge in [0, 0.05) is 22.1 Å². The summed E-state index contributed by atoms with van der Waals surface area (Å²) in [7, 11) is 0. The summed E-state index contributed by atoms with van der Waals surface area (Å²) in [5.41, 5.74) is 5.61. The minimum absolute atomic E-state index is 0.697. The summed E-state index contributed by atoms with van der Waals surface area (Å²) < 4.78 is 0. The average Bonchev–Trinajstić information content (AvgIpc) is 2.62. The largest absolute Gasteiger partial charge is 0.375 e. The van der Waals surface area contributed by atoms with E-state index in [-0.39, 0.29) is 0 Å². The number of hydrogen-bond acceptors (Lipinski definition) is 4. The Kier molecular flexibility index (Phi) is 3.92. The Morgan fingerprint density at radius 3 is 3.13 bits per heavy atom. The molecule has 0 aromatic carbocycles. The van der Waals surface area contributed by atoms with Gasteiger partial charge in [0.2, 0.25) is 0 Å². The first kappa shape index (κ1) is 11.3. The first-order valence-corrected chi connectivity index (χ1v) is 7.42. The highest BCUT2D eigenvalue weighted by Crippen LogP contribution is 2.34. The van der Waals surface area contributed by atoms with E-state index >= 15 is 0 Å². The van der Waals surface area contributed by atoms with Gasteiger partial charge in [-0.2, -0.15) is 11.8 Å². The minimum Gasteiger partial charge on any atom is -0.375 e. The Morgan fingerprint density at radius 2 is 2.47 bits per heavy atom. The second kappa shape index (κ2) is 5.21. The highest BCUT2D eigenvalue weighted by atomic mass is 32.2. The molecule has 0 radical (unpaired) electrons. The van der Waals surface area contributed by atoms with Crippen molar-refractivity contribution >= 4 is 28.2 Å². The molecule has 1 fully saturated rings. The van der Waals surface area contributed by atoms with Gasteiger partial charge in [-0.3, -0.25) is 0 Å². The predicted octanol–water partition coefficient (Wildman–Crippen LogP) is 3.54. The van der Waals surface area contributed by atoms with E-state index in [0.29, 0.717) is 5.13 Å². The topological polar surface area (TPSA) is 38.9 Å². The van der Waals surface area contributed by atoms with Crippen LogP contribution in [0.15, 0.2) is 6.20 Å². The Hall–Kier alpha value is -0.220. The monoisotopic (exact) mass is 242 g/mol. The van der Waals surface area contributed by atoms with Crippen LogP contribution in [0.1, 0.15) is 37.5 Å². The van der Waals surface area contributed by atoms with E-state index in [9.17, 15) is 0 Å². The van der Waals surface area contributed by atoms with Gasteiger partial charge in [-0.25, -0.2) is 4.98 Å². The van der Waals surface area contributed by atoms with Gasteiger partial charge in [0.15, 0.2) is 5.13 Å². The molecule has 2 unspecified atom stereocenters. The molecule has 1 heterocycles. The van der Waals surface area contributed by atoms with E-state index in [1.165, 1.54) is 30.6 Å². The van der Waals surface area contributed by atoms with Crippen molar-refractivity contribution in [2.24, 2.45) is 5.92 Å². The molecule has 0 spiro atoms. The number of anilines is 1. The Bertz CT molecular complexity index is 311. The molecule has 4 heteroatoms. The number of nitrogen functional groups attached to an aromatic ring is 1. The molecule has 0 aliphatic heterocycles. The third kappa shape index (κ3) is 3.38. The van der Waals surface area contributed by atoms with Gasteiger partial charge in [0.05, 0.1) is 0 Å². The van der Waals surface area contributed by atoms with E-state index in [2.05, 4.69) is 23.7 Å². The van der Waals surface area contributed by atoms with Crippen molar-refractivity contribution in [3.8, 4) is 0 Å². The highest BCUT2D eigenvalue weighted by molar-refractivity contribution is 7.99. The zero-order valence-electron chi connectivity index (χ0n) is 9.11. The molecular formula is C11H18N2S2. The van der Waals surface area contributed by atoms with Crippen LogP contribution in [0.4, 0.5) is 5.13 Å². The fraction of sp³-hybridized carbons (Fsp3) is 0.727. The zero-order valence-corrected chi connectivity index (χ0v) is 10.7. The van der Waals surface area contributed by atoms with Gasteiger partial charge in [-0.1, -0.05) is 19.8 Å². The summed E-state index contributed by atoms with van der Waals surface area (Å²) >= 11 is 3.71. The molecule has 15 heavy (non-hydrogen) atoms. The van der Waals surface area contributed by atoms with Gasteiger partial charge in [-0.15, -0.1) is 11.3 Å². The van der Waals surface area contributed by atoms with Gasteiger partial charge >= 0.3 is 0 Å². The summed E-state index contributed by atoms with van der Waals surface area (Å²) in [6, 6.07) is 0. The second-order valence-electron chi connectivity index (χ2n) is 4.37. The SMILES string of the molecule is CC1CCCC(SCc2cnc(N)s2)C1. The molecule has 0 amide bonds. The van der Waals surface area contributed by atoms with Crippen LogP contribution in [0.2, 0.25) is 0 Å². The zero-order chi connectivity index (χ0) is 10.7. The molecule has 2 nitrogen and oxygen atoms in total. The lowest BCUT2D eigenvalue weighted by Gasteiger charge is -2.25. The second-order valence-corrected chi connectivity index (χ2v) is 6.81. The van der Waals surface area contributed by atoms with Gasteiger partial charge in [-0.05, 0) is 18.8 Å². The summed E-state index contributed by atoms with van der Waals surface area (Å²) in [6.07, 6.45) is 7.52. The van der Waals surface area contributed by atoms with E-state index in [1.807, 2.05) is 6.20 Å². The number of hydrogen-bond donors (Lipinski definition) is 1. The lowest BCUT2D eigenvalue weighted by molar-refractivity contribution is 0.394. The van der Waals surface area contributed by atoms with Crippen molar-refractivity contribution in [1.29, 1.82) is 0 Å². The van der Waals surface area contributed by atoms with Crippen LogP contribution in [0.5, 0.6) is 0 Å². The van der Waals surface area contributed by atoms with Gasteiger partial charge < -0.3 is 5.73 Å².